The number of rotatable bonds is 21. The van der Waals surface area contributed by atoms with Crippen LogP contribution in [-0.4, -0.2) is 154 Å². The lowest BCUT2D eigenvalue weighted by Crippen LogP contribution is -2.57. The first-order valence-electron chi connectivity index (χ1n) is 25.8. The molecular formula is C51H76N10O9. The minimum absolute atomic E-state index is 0.0956. The molecule has 5 atom stereocenters. The third-order valence-electron chi connectivity index (χ3n) is 14.9. The summed E-state index contributed by atoms with van der Waals surface area (Å²) in [5, 5.41) is 51.7. The molecule has 19 nitrogen and oxygen atoms in total. The second-order valence-electron chi connectivity index (χ2n) is 19.4. The van der Waals surface area contributed by atoms with E-state index in [9.17, 15) is 30.0 Å². The molecule has 2 aromatic carbocycles. The Balaban J connectivity index is 0.694. The lowest BCUT2D eigenvalue weighted by Gasteiger charge is -2.43. The normalized spacial score (nSPS) is 23.8. The van der Waals surface area contributed by atoms with Gasteiger partial charge in [0.05, 0.1) is 31.1 Å². The lowest BCUT2D eigenvalue weighted by molar-refractivity contribution is -0.159. The second-order valence-corrected chi connectivity index (χ2v) is 19.4. The smallest absolute Gasteiger partial charge is 0.271 e. The first kappa shape index (κ1) is 51.5. The molecule has 5 aliphatic rings. The molecule has 8 rings (SSSR count). The van der Waals surface area contributed by atoms with Crippen LogP contribution in [0.4, 0.5) is 23.0 Å². The molecule has 5 aliphatic heterocycles. The van der Waals surface area contributed by atoms with E-state index in [0.717, 1.165) is 121 Å². The van der Waals surface area contributed by atoms with Crippen LogP contribution in [0.15, 0.2) is 36.4 Å². The number of ether oxygens (including phenoxy) is 3. The fourth-order valence-electron chi connectivity index (χ4n) is 10.8. The summed E-state index contributed by atoms with van der Waals surface area (Å²) in [5.74, 6) is 1.93. The number of nitrogens with one attached hydrogen (secondary N) is 3. The van der Waals surface area contributed by atoms with Gasteiger partial charge in [0.15, 0.2) is 17.3 Å². The number of aliphatic hydroxyl groups excluding tert-OH is 4. The zero-order chi connectivity index (χ0) is 49.1. The quantitative estimate of drug-likeness (QED) is 0.0687. The Morgan fingerprint density at radius 1 is 0.814 bits per heavy atom. The van der Waals surface area contributed by atoms with E-state index in [1.807, 2.05) is 19.1 Å². The number of carbonyl (C=O) groups excluding carboxylic acids is 2. The van der Waals surface area contributed by atoms with Crippen molar-refractivity contribution in [2.75, 3.05) is 81.7 Å². The van der Waals surface area contributed by atoms with Crippen molar-refractivity contribution in [1.29, 1.82) is 0 Å². The van der Waals surface area contributed by atoms with Crippen molar-refractivity contribution in [2.45, 2.75) is 146 Å². The number of nitrogens with two attached hydrogens (primary N) is 1. The highest BCUT2D eigenvalue weighted by Crippen LogP contribution is 2.44. The van der Waals surface area contributed by atoms with E-state index < -0.39 is 36.9 Å². The van der Waals surface area contributed by atoms with Gasteiger partial charge < -0.3 is 60.8 Å². The predicted octanol–water partition coefficient (Wildman–Crippen LogP) is 4.48. The molecule has 3 aromatic rings. The fraction of sp³-hybridized carbons (Fsp3) is 0.647. The average Bonchev–Trinajstić information content (AvgIpc) is 3.62. The number of fused-ring (bicyclic) bond motifs is 1. The molecule has 0 aliphatic carbocycles. The fourth-order valence-corrected chi connectivity index (χ4v) is 10.8. The number of piperidine rings is 2. The van der Waals surface area contributed by atoms with Crippen LogP contribution >= 0.6 is 0 Å². The number of primary amides is 1. The number of piperazine rings is 1. The maximum atomic E-state index is 13.1. The third kappa shape index (κ3) is 12.6. The maximum Gasteiger partial charge on any atom is 0.271 e. The Morgan fingerprint density at radius 2 is 1.53 bits per heavy atom. The zero-order valence-corrected chi connectivity index (χ0v) is 41.1. The van der Waals surface area contributed by atoms with Crippen LogP contribution in [0.25, 0.3) is 0 Å². The summed E-state index contributed by atoms with van der Waals surface area (Å²) >= 11 is 0. The summed E-state index contributed by atoms with van der Waals surface area (Å²) < 4.78 is 17.4. The van der Waals surface area contributed by atoms with Gasteiger partial charge >= 0.3 is 0 Å². The van der Waals surface area contributed by atoms with Crippen LogP contribution in [0.1, 0.15) is 137 Å². The van der Waals surface area contributed by atoms with E-state index in [0.29, 0.717) is 91.4 Å². The number of amides is 2. The third-order valence-corrected chi connectivity index (χ3v) is 14.9. The number of nitrogens with zero attached hydrogens (tertiary/aromatic N) is 6. The highest BCUT2D eigenvalue weighted by atomic mass is 16.5. The van der Waals surface area contributed by atoms with E-state index in [1.54, 1.807) is 25.3 Å². The molecule has 9 N–H and O–H groups in total. The maximum absolute atomic E-state index is 13.1. The van der Waals surface area contributed by atoms with Gasteiger partial charge in [-0.25, -0.2) is 14.9 Å². The minimum Gasteiger partial charge on any atom is -0.495 e. The molecule has 70 heavy (non-hydrogen) atoms. The van der Waals surface area contributed by atoms with Gasteiger partial charge in [0, 0.05) is 93.9 Å². The van der Waals surface area contributed by atoms with E-state index in [4.69, 9.17) is 24.9 Å². The predicted molar refractivity (Wildman–Crippen MR) is 266 cm³/mol. The minimum atomic E-state index is -1.09. The molecule has 2 amide bonds. The molecule has 4 fully saturated rings. The number of aromatic nitrogens is 2. The number of unbranched alkanes of at least 4 members (excludes halogenated alkanes) is 6. The first-order chi connectivity index (χ1) is 34.0. The summed E-state index contributed by atoms with van der Waals surface area (Å²) in [5.41, 5.74) is 9.46. The summed E-state index contributed by atoms with van der Waals surface area (Å²) in [4.78, 5) is 43.6. The van der Waals surface area contributed by atoms with Crippen molar-refractivity contribution >= 4 is 34.8 Å². The second kappa shape index (κ2) is 24.5. The van der Waals surface area contributed by atoms with Crippen LogP contribution in [0.2, 0.25) is 0 Å². The summed E-state index contributed by atoms with van der Waals surface area (Å²) in [7, 11) is 1.67. The Morgan fingerprint density at radius 3 is 2.23 bits per heavy atom. The summed E-state index contributed by atoms with van der Waals surface area (Å²) in [6.45, 7) is 9.06. The number of benzene rings is 2. The van der Waals surface area contributed by atoms with Gasteiger partial charge in [-0.05, 0) is 82.1 Å². The van der Waals surface area contributed by atoms with Crippen molar-refractivity contribution in [3.8, 4) is 11.5 Å². The molecule has 19 heteroatoms. The van der Waals surface area contributed by atoms with E-state index in [1.165, 1.54) is 4.90 Å². The van der Waals surface area contributed by atoms with Crippen molar-refractivity contribution in [3.63, 3.8) is 0 Å². The first-order valence-corrected chi connectivity index (χ1v) is 25.8. The summed E-state index contributed by atoms with van der Waals surface area (Å²) in [6.07, 6.45) is 9.08. The molecule has 0 radical (unpaired) electrons. The Bertz CT molecular complexity index is 2200. The number of hydrogen-bond acceptors (Lipinski definition) is 17. The highest BCUT2D eigenvalue weighted by molar-refractivity contribution is 5.96. The molecule has 384 valence electrons. The van der Waals surface area contributed by atoms with Crippen molar-refractivity contribution in [3.05, 3.63) is 58.9 Å². The van der Waals surface area contributed by atoms with Crippen LogP contribution in [-0.2, 0) is 16.0 Å². The molecule has 0 bridgehead atoms. The summed E-state index contributed by atoms with van der Waals surface area (Å²) in [6, 6.07) is 11.4. The lowest BCUT2D eigenvalue weighted by atomic mass is 10.0. The monoisotopic (exact) mass is 973 g/mol. The van der Waals surface area contributed by atoms with Gasteiger partial charge in [-0.3, -0.25) is 19.8 Å². The topological polar surface area (TPSA) is 244 Å². The average molecular weight is 973 g/mol. The number of aliphatic hydroxyl groups is 4. The Labute approximate surface area is 412 Å². The highest BCUT2D eigenvalue weighted by Gasteiger charge is 2.45. The molecule has 4 saturated heterocycles. The van der Waals surface area contributed by atoms with E-state index in [2.05, 4.69) is 41.7 Å². The van der Waals surface area contributed by atoms with Gasteiger partial charge in [0.2, 0.25) is 5.91 Å². The number of hydrogen-bond donors (Lipinski definition) is 8. The zero-order valence-electron chi connectivity index (χ0n) is 41.1. The SMILES string of the molecule is CCc1nc(C(N)=O)c(Nc2ccc(N3CCC(N4CCN(C(=O)CCCCCCCCCOc5ccc6c(c5)C(O)N(C5CCC(O)NC5O)C6O)CC4)CC3)c(OC)c2)nc1NC1CCOCC1. The Kier molecular flexibility index (Phi) is 18.0. The number of anilines is 4. The van der Waals surface area contributed by atoms with Crippen molar-refractivity contribution in [2.24, 2.45) is 5.73 Å². The van der Waals surface area contributed by atoms with Crippen LogP contribution < -0.4 is 36.1 Å². The molecular weight excluding hydrogens is 897 g/mol. The molecule has 6 heterocycles. The van der Waals surface area contributed by atoms with Gasteiger partial charge in [-0.1, -0.05) is 45.1 Å². The molecule has 0 spiro atoms. The molecule has 0 saturated carbocycles. The van der Waals surface area contributed by atoms with E-state index in [-0.39, 0.29) is 17.6 Å². The Hall–Kier alpha value is -4.86. The number of methoxy groups -OCH3 is 1. The van der Waals surface area contributed by atoms with E-state index >= 15 is 0 Å². The van der Waals surface area contributed by atoms with Gasteiger partial charge in [-0.2, -0.15) is 0 Å². The van der Waals surface area contributed by atoms with Crippen LogP contribution in [0.3, 0.4) is 0 Å². The van der Waals surface area contributed by atoms with Crippen LogP contribution in [0.5, 0.6) is 11.5 Å². The standard InChI is InChI=1S/C51H76N10O9/c1-3-39-47(53-33-20-29-69-30-21-33)57-48(45(55-39)46(52)64)54-34-12-15-40(42(31-34)68-2)59-22-18-35(19-23-59)58-24-26-60(27-25-58)44(63)11-9-7-5-4-6-8-10-28-70-36-13-14-37-38(32-36)51(67)61(50(37)66)41-16-17-43(62)56-49(41)65/h12-15,31-33,35,41,43,49-51,56,62,65-67H,3-11,16-30H2,1-2H3,(H2,52,64)(H2,53,54,57). The molecule has 5 unspecified atom stereocenters. The van der Waals surface area contributed by atoms with Gasteiger partial charge in [0.25, 0.3) is 5.91 Å². The largest absolute Gasteiger partial charge is 0.495 e. The number of carbonyl (C=O) groups is 2. The van der Waals surface area contributed by atoms with Crippen molar-refractivity contribution < 1.29 is 44.2 Å². The van der Waals surface area contributed by atoms with Gasteiger partial charge in [0.1, 0.15) is 36.4 Å². The van der Waals surface area contributed by atoms with Crippen molar-refractivity contribution in [1.82, 2.24) is 30.0 Å². The van der Waals surface area contributed by atoms with Crippen LogP contribution in [0, 0.1) is 0 Å². The number of aryl methyl sites for hydroxylation is 1. The molecule has 1 aromatic heterocycles. The van der Waals surface area contributed by atoms with Gasteiger partial charge in [-0.15, -0.1) is 0 Å².